The zero-order valence-corrected chi connectivity index (χ0v) is 16.1. The van der Waals surface area contributed by atoms with Crippen molar-refractivity contribution in [2.24, 2.45) is 0 Å². The normalized spacial score (nSPS) is 22.4. The van der Waals surface area contributed by atoms with E-state index in [4.69, 9.17) is 0 Å². The van der Waals surface area contributed by atoms with E-state index in [0.29, 0.717) is 17.5 Å². The summed E-state index contributed by atoms with van der Waals surface area (Å²) in [6.07, 6.45) is 6.30. The largest absolute Gasteiger partial charge is 0.345 e. The summed E-state index contributed by atoms with van der Waals surface area (Å²) in [6, 6.07) is 10.8. The van der Waals surface area contributed by atoms with Crippen molar-refractivity contribution in [2.45, 2.75) is 64.1 Å². The fourth-order valence-electron chi connectivity index (χ4n) is 4.80. The molecule has 0 aliphatic carbocycles. The third-order valence-corrected chi connectivity index (χ3v) is 6.19. The van der Waals surface area contributed by atoms with Crippen LogP contribution in [0.5, 0.6) is 0 Å². The first-order chi connectivity index (χ1) is 13.2. The molecule has 2 aliphatic rings. The van der Waals surface area contributed by atoms with Crippen LogP contribution in [0.4, 0.5) is 0 Å². The van der Waals surface area contributed by atoms with Crippen molar-refractivity contribution in [3.05, 3.63) is 35.5 Å². The average molecular weight is 364 g/mol. The van der Waals surface area contributed by atoms with Gasteiger partial charge in [0.1, 0.15) is 0 Å². The smallest absolute Gasteiger partial charge is 0.239 e. The summed E-state index contributed by atoms with van der Waals surface area (Å²) in [7, 11) is 0. The number of benzene rings is 1. The number of nitriles is 1. The molecule has 2 aliphatic heterocycles. The molecule has 0 radical (unpaired) electrons. The van der Waals surface area contributed by atoms with Gasteiger partial charge in [-0.05, 0) is 75.6 Å². The second-order valence-electron chi connectivity index (χ2n) is 7.78. The number of hydrogen-bond donors (Lipinski definition) is 1. The zero-order valence-electron chi connectivity index (χ0n) is 16.1. The van der Waals surface area contributed by atoms with Gasteiger partial charge in [0.15, 0.2) is 0 Å². The number of amides is 1. The maximum atomic E-state index is 12.8. The second kappa shape index (κ2) is 7.74. The molecule has 5 nitrogen and oxygen atoms in total. The lowest BCUT2D eigenvalue weighted by Gasteiger charge is -2.27. The summed E-state index contributed by atoms with van der Waals surface area (Å²) in [5, 5.41) is 13.7. The van der Waals surface area contributed by atoms with Gasteiger partial charge in [0.2, 0.25) is 5.91 Å². The first-order valence-corrected chi connectivity index (χ1v) is 10.3. The lowest BCUT2D eigenvalue weighted by atomic mass is 10.1. The minimum Gasteiger partial charge on any atom is -0.345 e. The van der Waals surface area contributed by atoms with Crippen LogP contribution in [0.25, 0.3) is 10.9 Å². The van der Waals surface area contributed by atoms with Gasteiger partial charge in [0.05, 0.1) is 17.7 Å². The number of carbonyl (C=O) groups is 1. The Morgan fingerprint density at radius 1 is 1.30 bits per heavy atom. The molecule has 0 spiro atoms. The standard InChI is InChI=1S/C22H28N4O/c1-2-25-19(14-17-8-7-16(15-23)13-21(17)25)10-9-18-5-4-12-26(18)22(27)20-6-3-11-24-20/h7-8,13-14,18,20,24H,2-6,9-12H2,1H3. The van der Waals surface area contributed by atoms with Crippen LogP contribution in [-0.2, 0) is 17.8 Å². The summed E-state index contributed by atoms with van der Waals surface area (Å²) in [5.41, 5.74) is 3.15. The lowest BCUT2D eigenvalue weighted by Crippen LogP contribution is -2.45. The predicted octanol–water partition coefficient (Wildman–Crippen LogP) is 3.21. The van der Waals surface area contributed by atoms with Crippen LogP contribution < -0.4 is 5.32 Å². The Labute approximate surface area is 160 Å². The van der Waals surface area contributed by atoms with Crippen molar-refractivity contribution in [3.63, 3.8) is 0 Å². The van der Waals surface area contributed by atoms with Crippen LogP contribution in [0, 0.1) is 11.3 Å². The van der Waals surface area contributed by atoms with E-state index in [0.717, 1.165) is 63.7 Å². The molecular weight excluding hydrogens is 336 g/mol. The van der Waals surface area contributed by atoms with E-state index in [1.165, 1.54) is 11.1 Å². The Morgan fingerprint density at radius 2 is 2.19 bits per heavy atom. The van der Waals surface area contributed by atoms with Crippen LogP contribution in [-0.4, -0.2) is 40.5 Å². The van der Waals surface area contributed by atoms with Crippen molar-refractivity contribution in [2.75, 3.05) is 13.1 Å². The molecule has 142 valence electrons. The summed E-state index contributed by atoms with van der Waals surface area (Å²) in [5.74, 6) is 0.310. The Balaban J connectivity index is 1.49. The van der Waals surface area contributed by atoms with Crippen molar-refractivity contribution in [3.8, 4) is 6.07 Å². The quantitative estimate of drug-likeness (QED) is 0.886. The number of carbonyl (C=O) groups excluding carboxylic acids is 1. The predicted molar refractivity (Wildman–Crippen MR) is 106 cm³/mol. The SMILES string of the molecule is CCn1c(CCC2CCCN2C(=O)C2CCCN2)cc2ccc(C#N)cc21. The fourth-order valence-corrected chi connectivity index (χ4v) is 4.80. The molecule has 5 heteroatoms. The number of aryl methyl sites for hydroxylation is 2. The Morgan fingerprint density at radius 3 is 2.93 bits per heavy atom. The Kier molecular flexibility index (Phi) is 5.18. The topological polar surface area (TPSA) is 61.1 Å². The maximum Gasteiger partial charge on any atom is 0.239 e. The molecule has 2 fully saturated rings. The molecule has 27 heavy (non-hydrogen) atoms. The van der Waals surface area contributed by atoms with Crippen LogP contribution in [0.2, 0.25) is 0 Å². The van der Waals surface area contributed by atoms with Gasteiger partial charge in [-0.2, -0.15) is 5.26 Å². The van der Waals surface area contributed by atoms with Gasteiger partial charge in [-0.15, -0.1) is 0 Å². The molecule has 0 saturated carbocycles. The molecule has 1 aromatic heterocycles. The monoisotopic (exact) mass is 364 g/mol. The van der Waals surface area contributed by atoms with Gasteiger partial charge in [-0.25, -0.2) is 0 Å². The van der Waals surface area contributed by atoms with E-state index in [9.17, 15) is 10.1 Å². The first-order valence-electron chi connectivity index (χ1n) is 10.3. The first kappa shape index (κ1) is 18.1. The van der Waals surface area contributed by atoms with E-state index in [1.54, 1.807) is 0 Å². The number of nitrogens with zero attached hydrogens (tertiary/aromatic N) is 3. The van der Waals surface area contributed by atoms with E-state index in [-0.39, 0.29) is 6.04 Å². The summed E-state index contributed by atoms with van der Waals surface area (Å²) in [6.45, 7) is 4.92. The summed E-state index contributed by atoms with van der Waals surface area (Å²) in [4.78, 5) is 15.0. The van der Waals surface area contributed by atoms with Crippen molar-refractivity contribution >= 4 is 16.8 Å². The van der Waals surface area contributed by atoms with E-state index >= 15 is 0 Å². The molecule has 4 rings (SSSR count). The van der Waals surface area contributed by atoms with Gasteiger partial charge in [0.25, 0.3) is 0 Å². The number of likely N-dealkylation sites (tertiary alicyclic amines) is 1. The molecule has 0 bridgehead atoms. The second-order valence-corrected chi connectivity index (χ2v) is 7.78. The third-order valence-electron chi connectivity index (χ3n) is 6.19. The van der Waals surface area contributed by atoms with Crippen LogP contribution in [0.1, 0.15) is 50.3 Å². The molecule has 1 amide bonds. The minimum absolute atomic E-state index is 0.0390. The minimum atomic E-state index is 0.0390. The number of fused-ring (bicyclic) bond motifs is 1. The highest BCUT2D eigenvalue weighted by Gasteiger charge is 2.34. The highest BCUT2D eigenvalue weighted by Crippen LogP contribution is 2.27. The van der Waals surface area contributed by atoms with Crippen LogP contribution >= 0.6 is 0 Å². The highest BCUT2D eigenvalue weighted by atomic mass is 16.2. The summed E-state index contributed by atoms with van der Waals surface area (Å²) < 4.78 is 2.32. The average Bonchev–Trinajstić information content (AvgIpc) is 3.44. The van der Waals surface area contributed by atoms with Gasteiger partial charge in [0, 0.05) is 30.3 Å². The number of hydrogen-bond acceptors (Lipinski definition) is 3. The fraction of sp³-hybridized carbons (Fsp3) is 0.545. The van der Waals surface area contributed by atoms with E-state index < -0.39 is 0 Å². The van der Waals surface area contributed by atoms with Gasteiger partial charge in [-0.3, -0.25) is 4.79 Å². The lowest BCUT2D eigenvalue weighted by molar-refractivity contribution is -0.134. The van der Waals surface area contributed by atoms with Crippen LogP contribution in [0.3, 0.4) is 0 Å². The molecular formula is C22H28N4O. The maximum absolute atomic E-state index is 12.8. The molecule has 2 saturated heterocycles. The van der Waals surface area contributed by atoms with Crippen molar-refractivity contribution in [1.82, 2.24) is 14.8 Å². The number of rotatable bonds is 5. The van der Waals surface area contributed by atoms with E-state index in [2.05, 4.69) is 33.8 Å². The summed E-state index contributed by atoms with van der Waals surface area (Å²) >= 11 is 0. The highest BCUT2D eigenvalue weighted by molar-refractivity contribution is 5.83. The molecule has 2 aromatic rings. The Bertz CT molecular complexity index is 872. The number of nitrogens with one attached hydrogen (secondary N) is 1. The molecule has 1 aromatic carbocycles. The molecule has 2 atom stereocenters. The molecule has 1 N–H and O–H groups in total. The van der Waals surface area contributed by atoms with Crippen molar-refractivity contribution in [1.29, 1.82) is 5.26 Å². The Hall–Kier alpha value is -2.32. The van der Waals surface area contributed by atoms with Crippen molar-refractivity contribution < 1.29 is 4.79 Å². The van der Waals surface area contributed by atoms with Crippen LogP contribution in [0.15, 0.2) is 24.3 Å². The number of aromatic nitrogens is 1. The molecule has 3 heterocycles. The van der Waals surface area contributed by atoms with Gasteiger partial charge >= 0.3 is 0 Å². The third kappa shape index (κ3) is 3.46. The van der Waals surface area contributed by atoms with Gasteiger partial charge in [-0.1, -0.05) is 6.07 Å². The van der Waals surface area contributed by atoms with Gasteiger partial charge < -0.3 is 14.8 Å². The van der Waals surface area contributed by atoms with E-state index in [1.807, 2.05) is 18.2 Å². The zero-order chi connectivity index (χ0) is 18.8. The molecule has 2 unspecified atom stereocenters.